The van der Waals surface area contributed by atoms with Crippen LogP contribution in [-0.2, 0) is 28.7 Å². The van der Waals surface area contributed by atoms with Crippen molar-refractivity contribution in [2.45, 2.75) is 50.8 Å². The summed E-state index contributed by atoms with van der Waals surface area (Å²) in [6.07, 6.45) is -0.760. The molecule has 198 valence electrons. The van der Waals surface area contributed by atoms with Gasteiger partial charge in [-0.25, -0.2) is 9.59 Å². The van der Waals surface area contributed by atoms with Crippen molar-refractivity contribution in [1.82, 2.24) is 10.2 Å². The lowest BCUT2D eigenvalue weighted by atomic mass is 9.98. The van der Waals surface area contributed by atoms with Gasteiger partial charge in [-0.2, -0.15) is 0 Å². The number of thioether (sulfide) groups is 1. The summed E-state index contributed by atoms with van der Waals surface area (Å²) in [7, 11) is 0. The van der Waals surface area contributed by atoms with E-state index in [4.69, 9.17) is 9.47 Å². The fraction of sp³-hybridized carbons (Fsp3) is 0.310. The Morgan fingerprint density at radius 1 is 1.03 bits per heavy atom. The second kappa shape index (κ2) is 10.9. The molecule has 2 aromatic carbocycles. The number of amides is 2. The average Bonchev–Trinajstić information content (AvgIpc) is 2.88. The number of rotatable bonds is 7. The molecule has 2 aliphatic heterocycles. The van der Waals surface area contributed by atoms with Crippen LogP contribution >= 0.6 is 11.8 Å². The zero-order valence-corrected chi connectivity index (χ0v) is 22.5. The second-order valence-corrected chi connectivity index (χ2v) is 11.1. The number of carbonyl (C=O) groups is 4. The third-order valence-electron chi connectivity index (χ3n) is 5.96. The molecule has 8 nitrogen and oxygen atoms in total. The van der Waals surface area contributed by atoms with E-state index < -0.39 is 41.0 Å². The summed E-state index contributed by atoms with van der Waals surface area (Å²) in [6.45, 7) is 10.4. The number of nitrogens with one attached hydrogen (secondary N) is 1. The lowest BCUT2D eigenvalue weighted by Crippen LogP contribution is -2.70. The van der Waals surface area contributed by atoms with Crippen molar-refractivity contribution in [2.24, 2.45) is 0 Å². The fourth-order valence-electron chi connectivity index (χ4n) is 4.27. The van der Waals surface area contributed by atoms with Crippen molar-refractivity contribution in [3.8, 4) is 0 Å². The van der Waals surface area contributed by atoms with Gasteiger partial charge in [0.25, 0.3) is 5.91 Å². The first-order valence-corrected chi connectivity index (χ1v) is 13.2. The smallest absolute Gasteiger partial charge is 0.356 e. The fourth-order valence-corrected chi connectivity index (χ4v) is 5.65. The average molecular weight is 535 g/mol. The minimum atomic E-state index is -0.782. The number of carbonyl (C=O) groups excluding carboxylic acids is 4. The van der Waals surface area contributed by atoms with Crippen molar-refractivity contribution in [2.75, 3.05) is 5.75 Å². The van der Waals surface area contributed by atoms with E-state index in [1.165, 1.54) is 23.6 Å². The third kappa shape index (κ3) is 5.67. The van der Waals surface area contributed by atoms with E-state index in [1.54, 1.807) is 20.8 Å². The van der Waals surface area contributed by atoms with Gasteiger partial charge in [0.15, 0.2) is 6.10 Å². The van der Waals surface area contributed by atoms with Crippen LogP contribution in [0.1, 0.15) is 44.9 Å². The van der Waals surface area contributed by atoms with E-state index in [0.717, 1.165) is 11.1 Å². The van der Waals surface area contributed by atoms with Crippen LogP contribution in [0.4, 0.5) is 0 Å². The molecule has 2 heterocycles. The highest BCUT2D eigenvalue weighted by atomic mass is 32.2. The van der Waals surface area contributed by atoms with Gasteiger partial charge in [0.2, 0.25) is 5.91 Å². The number of hydrogen-bond donors (Lipinski definition) is 1. The zero-order chi connectivity index (χ0) is 27.6. The summed E-state index contributed by atoms with van der Waals surface area (Å²) in [6, 6.07) is 17.7. The molecule has 4 rings (SSSR count). The molecule has 0 aromatic heterocycles. The second-order valence-electron chi connectivity index (χ2n) is 10.0. The molecule has 9 heteroatoms. The van der Waals surface area contributed by atoms with Crippen LogP contribution in [0.2, 0.25) is 0 Å². The summed E-state index contributed by atoms with van der Waals surface area (Å²) in [5.74, 6) is -2.08. The van der Waals surface area contributed by atoms with Crippen LogP contribution in [0, 0.1) is 0 Å². The standard InChI is InChI=1S/C29H30N2O6S/c1-17(27(34)37-29(3,4)5)21-16-38-26-22(30-18(2)32)25(33)31(26)23(21)28(35)36-24(19-12-8-6-9-13-19)20-14-10-7-11-15-20/h6-15,22,24,26H,1,16H2,2-5H3,(H,30,32)/t22?,26-/m0/s1. The molecular formula is C29H30N2O6S. The highest BCUT2D eigenvalue weighted by molar-refractivity contribution is 8.00. The van der Waals surface area contributed by atoms with Crippen LogP contribution < -0.4 is 5.32 Å². The van der Waals surface area contributed by atoms with E-state index in [0.29, 0.717) is 0 Å². The summed E-state index contributed by atoms with van der Waals surface area (Å²) < 4.78 is 11.5. The number of hydrogen-bond acceptors (Lipinski definition) is 7. The van der Waals surface area contributed by atoms with Gasteiger partial charge in [-0.05, 0) is 31.9 Å². The molecule has 0 saturated carbocycles. The molecule has 0 radical (unpaired) electrons. The topological polar surface area (TPSA) is 102 Å². The maximum atomic E-state index is 13.9. The van der Waals surface area contributed by atoms with E-state index in [2.05, 4.69) is 11.9 Å². The van der Waals surface area contributed by atoms with Crippen LogP contribution in [0.5, 0.6) is 0 Å². The highest BCUT2D eigenvalue weighted by Crippen LogP contribution is 2.43. The summed E-state index contributed by atoms with van der Waals surface area (Å²) in [4.78, 5) is 52.9. The summed E-state index contributed by atoms with van der Waals surface area (Å²) >= 11 is 1.33. The normalized spacial score (nSPS) is 18.9. The predicted molar refractivity (Wildman–Crippen MR) is 144 cm³/mol. The molecule has 1 fully saturated rings. The summed E-state index contributed by atoms with van der Waals surface area (Å²) in [5, 5.41) is 2.12. The minimum Gasteiger partial charge on any atom is -0.456 e. The Morgan fingerprint density at radius 3 is 2.08 bits per heavy atom. The molecule has 2 amide bonds. The Bertz CT molecular complexity index is 1260. The van der Waals surface area contributed by atoms with Gasteiger partial charge < -0.3 is 14.8 Å². The SMILES string of the molecule is C=C(C(=O)OC(C)(C)C)C1=C(C(=O)OC(c2ccccc2)c2ccccc2)N2C(=O)C(NC(C)=O)[C@@H]2SC1. The first kappa shape index (κ1) is 27.2. The van der Waals surface area contributed by atoms with E-state index >= 15 is 0 Å². The van der Waals surface area contributed by atoms with Gasteiger partial charge in [0.05, 0.1) is 5.57 Å². The number of fused-ring (bicyclic) bond motifs is 1. The van der Waals surface area contributed by atoms with Crippen LogP contribution in [-0.4, -0.2) is 51.4 Å². The molecular weight excluding hydrogens is 504 g/mol. The maximum Gasteiger partial charge on any atom is 0.356 e. The Kier molecular flexibility index (Phi) is 7.78. The van der Waals surface area contributed by atoms with Crippen LogP contribution in [0.25, 0.3) is 0 Å². The quantitative estimate of drug-likeness (QED) is 0.327. The minimum absolute atomic E-state index is 0.0235. The van der Waals surface area contributed by atoms with Crippen molar-refractivity contribution >= 4 is 35.5 Å². The Hall–Kier alpha value is -3.85. The molecule has 0 spiro atoms. The van der Waals surface area contributed by atoms with Gasteiger partial charge in [0, 0.05) is 18.2 Å². The first-order valence-electron chi connectivity index (χ1n) is 12.2. The van der Waals surface area contributed by atoms with E-state index in [9.17, 15) is 19.2 Å². The van der Waals surface area contributed by atoms with Gasteiger partial charge in [-0.3, -0.25) is 14.5 Å². The monoisotopic (exact) mass is 534 g/mol. The van der Waals surface area contributed by atoms with Crippen molar-refractivity contribution in [3.63, 3.8) is 0 Å². The molecule has 1 unspecified atom stereocenters. The van der Waals surface area contributed by atoms with E-state index in [-0.39, 0.29) is 28.5 Å². The third-order valence-corrected chi connectivity index (χ3v) is 7.24. The molecule has 1 saturated heterocycles. The maximum absolute atomic E-state index is 13.9. The Balaban J connectivity index is 1.74. The number of benzene rings is 2. The van der Waals surface area contributed by atoms with Crippen molar-refractivity contribution in [1.29, 1.82) is 0 Å². The Morgan fingerprint density at radius 2 is 1.58 bits per heavy atom. The number of nitrogens with zero attached hydrogens (tertiary/aromatic N) is 1. The molecule has 2 aliphatic rings. The van der Waals surface area contributed by atoms with E-state index in [1.807, 2.05) is 60.7 Å². The zero-order valence-electron chi connectivity index (χ0n) is 21.7. The van der Waals surface area contributed by atoms with Crippen LogP contribution in [0.15, 0.2) is 84.1 Å². The molecule has 0 bridgehead atoms. The number of β-lactam (4-membered cyclic amide) rings is 1. The first-order chi connectivity index (χ1) is 18.0. The lowest BCUT2D eigenvalue weighted by Gasteiger charge is -2.49. The molecule has 2 atom stereocenters. The molecule has 0 aliphatic carbocycles. The largest absolute Gasteiger partial charge is 0.456 e. The van der Waals surface area contributed by atoms with Gasteiger partial charge in [0.1, 0.15) is 22.7 Å². The number of esters is 2. The van der Waals surface area contributed by atoms with Crippen molar-refractivity contribution in [3.05, 3.63) is 95.2 Å². The lowest BCUT2D eigenvalue weighted by molar-refractivity contribution is -0.154. The molecule has 2 aromatic rings. The Labute approximate surface area is 226 Å². The van der Waals surface area contributed by atoms with Crippen LogP contribution in [0.3, 0.4) is 0 Å². The van der Waals surface area contributed by atoms with Gasteiger partial charge in [-0.1, -0.05) is 67.2 Å². The molecule has 38 heavy (non-hydrogen) atoms. The van der Waals surface area contributed by atoms with Crippen molar-refractivity contribution < 1.29 is 28.7 Å². The predicted octanol–water partition coefficient (Wildman–Crippen LogP) is 3.89. The van der Waals surface area contributed by atoms with Gasteiger partial charge >= 0.3 is 11.9 Å². The summed E-state index contributed by atoms with van der Waals surface area (Å²) in [5.41, 5.74) is 0.888. The number of ether oxygens (including phenoxy) is 2. The van der Waals surface area contributed by atoms with Gasteiger partial charge in [-0.15, -0.1) is 11.8 Å². The highest BCUT2D eigenvalue weighted by Gasteiger charge is 2.55. The molecule has 1 N–H and O–H groups in total.